The lowest BCUT2D eigenvalue weighted by Gasteiger charge is -1.86. The molecule has 0 fully saturated rings. The van der Waals surface area contributed by atoms with Gasteiger partial charge in [0.15, 0.2) is 0 Å². The molecule has 0 atom stereocenters. The van der Waals surface area contributed by atoms with E-state index in [0.717, 1.165) is 18.2 Å². The summed E-state index contributed by atoms with van der Waals surface area (Å²) in [6, 6.07) is 0. The van der Waals surface area contributed by atoms with Gasteiger partial charge in [0.05, 0.1) is 7.11 Å². The third kappa shape index (κ3) is 6.68. The van der Waals surface area contributed by atoms with Gasteiger partial charge in [0.25, 0.3) is 0 Å². The predicted octanol–water partition coefficient (Wildman–Crippen LogP) is 1.32. The topological polar surface area (TPSA) is 43.4 Å². The molecule has 0 saturated carbocycles. The molecule has 0 unspecified atom stereocenters. The largest absolute Gasteiger partial charge is 0.466 e. The summed E-state index contributed by atoms with van der Waals surface area (Å²) in [5, 5.41) is 0. The lowest BCUT2D eigenvalue weighted by atomic mass is 10.4. The Labute approximate surface area is 75.2 Å². The van der Waals surface area contributed by atoms with Crippen LogP contribution in [0.15, 0.2) is 36.2 Å². The van der Waals surface area contributed by atoms with Crippen LogP contribution in [-0.2, 0) is 14.3 Å². The molecule has 3 nitrogen and oxygen atoms in total. The Morgan fingerprint density at radius 1 is 1.31 bits per heavy atom. The Morgan fingerprint density at radius 3 is 2.46 bits per heavy atom. The zero-order chi connectivity index (χ0) is 10.1. The molecule has 0 rings (SSSR count). The molecule has 4 heteroatoms. The Bertz CT molecular complexity index is 264. The number of hydrogen-bond acceptors (Lipinski definition) is 3. The number of rotatable bonds is 4. The maximum atomic E-state index is 12.4. The van der Waals surface area contributed by atoms with E-state index in [1.165, 1.54) is 19.3 Å². The molecule has 0 bridgehead atoms. The summed E-state index contributed by atoms with van der Waals surface area (Å²) in [7, 11) is 1.24. The van der Waals surface area contributed by atoms with E-state index in [9.17, 15) is 14.0 Å². The van der Waals surface area contributed by atoms with Gasteiger partial charge in [-0.3, -0.25) is 4.79 Å². The second kappa shape index (κ2) is 6.97. The van der Waals surface area contributed by atoms with Crippen molar-refractivity contribution in [2.45, 2.75) is 0 Å². The first-order chi connectivity index (χ1) is 6.20. The smallest absolute Gasteiger partial charge is 0.330 e. The minimum atomic E-state index is -0.676. The third-order valence-electron chi connectivity index (χ3n) is 1.03. The van der Waals surface area contributed by atoms with Crippen molar-refractivity contribution >= 4 is 12.3 Å². The van der Waals surface area contributed by atoms with Gasteiger partial charge in [-0.15, -0.1) is 0 Å². The number of carbonyl (C=O) groups is 2. The SMILES string of the molecule is COC(=O)/C=C/C=C\C(F)=C\C=O. The quantitative estimate of drug-likeness (QED) is 0.286. The number of ether oxygens (including phenoxy) is 1. The van der Waals surface area contributed by atoms with Crippen LogP contribution >= 0.6 is 0 Å². The molecule has 0 aromatic rings. The molecule has 0 spiro atoms. The van der Waals surface area contributed by atoms with Crippen LogP contribution in [0.1, 0.15) is 0 Å². The second-order valence-corrected chi connectivity index (χ2v) is 1.93. The van der Waals surface area contributed by atoms with E-state index >= 15 is 0 Å². The molecule has 0 saturated heterocycles. The summed E-state index contributed by atoms with van der Waals surface area (Å²) in [4.78, 5) is 20.2. The molecular formula is C9H9FO3. The number of aldehydes is 1. The van der Waals surface area contributed by atoms with Crippen molar-refractivity contribution in [3.05, 3.63) is 36.2 Å². The second-order valence-electron chi connectivity index (χ2n) is 1.93. The fourth-order valence-corrected chi connectivity index (χ4v) is 0.470. The fraction of sp³-hybridized carbons (Fsp3) is 0.111. The van der Waals surface area contributed by atoms with Crippen LogP contribution < -0.4 is 0 Å². The number of hydrogen-bond donors (Lipinski definition) is 0. The Hall–Kier alpha value is -1.71. The first-order valence-electron chi connectivity index (χ1n) is 3.44. The highest BCUT2D eigenvalue weighted by Crippen LogP contribution is 1.96. The molecule has 0 aliphatic heterocycles. The zero-order valence-corrected chi connectivity index (χ0v) is 7.07. The number of allylic oxidation sites excluding steroid dienone is 5. The van der Waals surface area contributed by atoms with Gasteiger partial charge in [-0.05, 0) is 6.08 Å². The van der Waals surface area contributed by atoms with E-state index in [0.29, 0.717) is 6.29 Å². The van der Waals surface area contributed by atoms with Crippen LogP contribution in [0.25, 0.3) is 0 Å². The molecule has 70 valence electrons. The number of carbonyl (C=O) groups excluding carboxylic acids is 2. The summed E-state index contributed by atoms with van der Waals surface area (Å²) in [6.45, 7) is 0. The summed E-state index contributed by atoms with van der Waals surface area (Å²) in [6.07, 6.45) is 5.88. The number of methoxy groups -OCH3 is 1. The molecule has 0 heterocycles. The van der Waals surface area contributed by atoms with Crippen LogP contribution in [0.2, 0.25) is 0 Å². The van der Waals surface area contributed by atoms with E-state index in [2.05, 4.69) is 4.74 Å². The van der Waals surface area contributed by atoms with Crippen LogP contribution in [-0.4, -0.2) is 19.4 Å². The lowest BCUT2D eigenvalue weighted by molar-refractivity contribution is -0.134. The maximum absolute atomic E-state index is 12.4. The minimum Gasteiger partial charge on any atom is -0.466 e. The summed E-state index contributed by atoms with van der Waals surface area (Å²) >= 11 is 0. The van der Waals surface area contributed by atoms with Crippen molar-refractivity contribution in [1.82, 2.24) is 0 Å². The molecule has 0 aromatic carbocycles. The fourth-order valence-electron chi connectivity index (χ4n) is 0.470. The highest BCUT2D eigenvalue weighted by molar-refractivity contribution is 5.82. The highest BCUT2D eigenvalue weighted by Gasteiger charge is 1.87. The Kier molecular flexibility index (Phi) is 6.05. The normalized spacial score (nSPS) is 12.3. The molecule has 0 aliphatic rings. The Balaban J connectivity index is 4.01. The van der Waals surface area contributed by atoms with Gasteiger partial charge in [-0.2, -0.15) is 0 Å². The molecule has 0 aliphatic carbocycles. The summed E-state index contributed by atoms with van der Waals surface area (Å²) in [5.41, 5.74) is 0. The predicted molar refractivity (Wildman–Crippen MR) is 45.6 cm³/mol. The minimum absolute atomic E-state index is 0.337. The van der Waals surface area contributed by atoms with Gasteiger partial charge >= 0.3 is 5.97 Å². The standard InChI is InChI=1S/C9H9FO3/c1-13-9(12)5-3-2-4-8(10)6-7-11/h2-7H,1H3/b4-2-,5-3+,8-6-. The van der Waals surface area contributed by atoms with Gasteiger partial charge < -0.3 is 4.74 Å². The van der Waals surface area contributed by atoms with E-state index in [4.69, 9.17) is 0 Å². The highest BCUT2D eigenvalue weighted by atomic mass is 19.1. The first kappa shape index (κ1) is 11.3. The zero-order valence-electron chi connectivity index (χ0n) is 7.07. The molecule has 0 aromatic heterocycles. The third-order valence-corrected chi connectivity index (χ3v) is 1.03. The van der Waals surface area contributed by atoms with Gasteiger partial charge in [0, 0.05) is 12.2 Å². The average Bonchev–Trinajstić information content (AvgIpc) is 2.12. The van der Waals surface area contributed by atoms with Crippen molar-refractivity contribution in [3.63, 3.8) is 0 Å². The van der Waals surface area contributed by atoms with Crippen LogP contribution in [0.4, 0.5) is 4.39 Å². The van der Waals surface area contributed by atoms with E-state index in [1.54, 1.807) is 0 Å². The monoisotopic (exact) mass is 184 g/mol. The van der Waals surface area contributed by atoms with Gasteiger partial charge in [0.2, 0.25) is 0 Å². The first-order valence-corrected chi connectivity index (χ1v) is 3.44. The van der Waals surface area contributed by atoms with E-state index < -0.39 is 11.8 Å². The Morgan fingerprint density at radius 2 is 1.92 bits per heavy atom. The van der Waals surface area contributed by atoms with Crippen LogP contribution in [0, 0.1) is 0 Å². The number of esters is 1. The lowest BCUT2D eigenvalue weighted by Crippen LogP contribution is -1.92. The van der Waals surface area contributed by atoms with Crippen molar-refractivity contribution in [3.8, 4) is 0 Å². The van der Waals surface area contributed by atoms with Gasteiger partial charge in [-0.1, -0.05) is 12.2 Å². The van der Waals surface area contributed by atoms with Crippen molar-refractivity contribution < 1.29 is 18.7 Å². The van der Waals surface area contributed by atoms with Gasteiger partial charge in [-0.25, -0.2) is 9.18 Å². The van der Waals surface area contributed by atoms with Crippen molar-refractivity contribution in [2.24, 2.45) is 0 Å². The van der Waals surface area contributed by atoms with Crippen LogP contribution in [0.3, 0.4) is 0 Å². The summed E-state index contributed by atoms with van der Waals surface area (Å²) < 4.78 is 16.7. The molecule has 0 N–H and O–H groups in total. The molecular weight excluding hydrogens is 175 g/mol. The maximum Gasteiger partial charge on any atom is 0.330 e. The summed E-state index contributed by atoms with van der Waals surface area (Å²) in [5.74, 6) is -1.20. The molecule has 0 radical (unpaired) electrons. The van der Waals surface area contributed by atoms with Crippen LogP contribution in [0.5, 0.6) is 0 Å². The van der Waals surface area contributed by atoms with Gasteiger partial charge in [0.1, 0.15) is 12.1 Å². The average molecular weight is 184 g/mol. The van der Waals surface area contributed by atoms with Crippen molar-refractivity contribution in [2.75, 3.05) is 7.11 Å². The van der Waals surface area contributed by atoms with E-state index in [-0.39, 0.29) is 0 Å². The van der Waals surface area contributed by atoms with Crippen molar-refractivity contribution in [1.29, 1.82) is 0 Å². The van der Waals surface area contributed by atoms with E-state index in [1.807, 2.05) is 0 Å². The molecule has 0 amide bonds. The molecule has 13 heavy (non-hydrogen) atoms. The number of halogens is 1.